The normalized spacial score (nSPS) is 14.4. The molecule has 0 bridgehead atoms. The Hall–Kier alpha value is -0.880. The van der Waals surface area contributed by atoms with Crippen LogP contribution in [0.15, 0.2) is 12.2 Å². The molecule has 0 aliphatic carbocycles. The van der Waals surface area contributed by atoms with Gasteiger partial charge < -0.3 is 5.73 Å². The smallest absolute Gasteiger partial charge is 0.264 e. The molecule has 0 aromatic heterocycles. The minimum absolute atomic E-state index is 0.0903. The predicted octanol–water partition coefficient (Wildman–Crippen LogP) is 0.332. The molecule has 0 spiro atoms. The number of carbonyl (C=O) groups excluding carboxylic acids is 1. The molecule has 1 atom stereocenters. The van der Waals surface area contributed by atoms with Gasteiger partial charge in [0.1, 0.15) is 0 Å². The van der Waals surface area contributed by atoms with E-state index in [2.05, 4.69) is 0 Å². The van der Waals surface area contributed by atoms with Crippen LogP contribution in [0.5, 0.6) is 0 Å². The number of amides is 1. The molecule has 1 amide bonds. The number of hydrogen-bond donors (Lipinski definition) is 2. The van der Waals surface area contributed by atoms with E-state index in [1.165, 1.54) is 6.08 Å². The van der Waals surface area contributed by atoms with Crippen molar-refractivity contribution in [3.63, 3.8) is 0 Å². The van der Waals surface area contributed by atoms with Crippen molar-refractivity contribution in [1.82, 2.24) is 0 Å². The molecule has 6 heteroatoms. The molecule has 1 unspecified atom stereocenters. The minimum Gasteiger partial charge on any atom is -0.366 e. The van der Waals surface area contributed by atoms with Gasteiger partial charge in [-0.25, -0.2) is 0 Å². The van der Waals surface area contributed by atoms with Gasteiger partial charge in [0.2, 0.25) is 5.91 Å². The summed E-state index contributed by atoms with van der Waals surface area (Å²) in [5, 5.41) is 0. The van der Waals surface area contributed by atoms with E-state index < -0.39 is 16.0 Å². The zero-order valence-corrected chi connectivity index (χ0v) is 8.83. The third kappa shape index (κ3) is 9.21. The number of allylic oxidation sites excluding steroid dienone is 1. The highest BCUT2D eigenvalue weighted by Gasteiger charge is 2.07. The fraction of sp³-hybridized carbons (Fsp3) is 0.625. The Morgan fingerprint density at radius 3 is 2.57 bits per heavy atom. The largest absolute Gasteiger partial charge is 0.366 e. The summed E-state index contributed by atoms with van der Waals surface area (Å²) >= 11 is 0. The lowest BCUT2D eigenvalue weighted by Gasteiger charge is -2.05. The van der Waals surface area contributed by atoms with Crippen LogP contribution in [-0.2, 0) is 14.9 Å². The van der Waals surface area contributed by atoms with E-state index in [0.29, 0.717) is 12.8 Å². The average Bonchev–Trinajstić information content (AvgIpc) is 1.99. The Morgan fingerprint density at radius 2 is 2.14 bits per heavy atom. The zero-order chi connectivity index (χ0) is 11.2. The molecule has 0 saturated carbocycles. The molecule has 5 nitrogen and oxygen atoms in total. The summed E-state index contributed by atoms with van der Waals surface area (Å²) in [5.41, 5.74) is 4.86. The lowest BCUT2D eigenvalue weighted by atomic mass is 10.1. The van der Waals surface area contributed by atoms with Gasteiger partial charge >= 0.3 is 0 Å². The van der Waals surface area contributed by atoms with E-state index >= 15 is 0 Å². The summed E-state index contributed by atoms with van der Waals surface area (Å²) in [4.78, 5) is 10.3. The first kappa shape index (κ1) is 13.1. The quantitative estimate of drug-likeness (QED) is 0.499. The number of hydrogen-bond acceptors (Lipinski definition) is 3. The number of nitrogens with two attached hydrogens (primary N) is 1. The van der Waals surface area contributed by atoms with E-state index in [4.69, 9.17) is 10.3 Å². The van der Waals surface area contributed by atoms with Crippen LogP contribution in [0.2, 0.25) is 0 Å². The fourth-order valence-corrected chi connectivity index (χ4v) is 1.58. The van der Waals surface area contributed by atoms with Crippen molar-refractivity contribution in [3.05, 3.63) is 12.2 Å². The Labute approximate surface area is 83.7 Å². The summed E-state index contributed by atoms with van der Waals surface area (Å²) in [6.45, 7) is 1.83. The van der Waals surface area contributed by atoms with Crippen molar-refractivity contribution in [2.75, 3.05) is 5.75 Å². The molecule has 0 aromatic rings. The first-order valence-corrected chi connectivity index (χ1v) is 5.83. The van der Waals surface area contributed by atoms with E-state index in [1.54, 1.807) is 6.08 Å². The Morgan fingerprint density at radius 1 is 1.57 bits per heavy atom. The summed E-state index contributed by atoms with van der Waals surface area (Å²) in [7, 11) is -3.88. The first-order valence-electron chi connectivity index (χ1n) is 4.22. The lowest BCUT2D eigenvalue weighted by Crippen LogP contribution is -2.08. The van der Waals surface area contributed by atoms with E-state index in [0.717, 1.165) is 0 Å². The van der Waals surface area contributed by atoms with Gasteiger partial charge in [-0.1, -0.05) is 13.0 Å². The van der Waals surface area contributed by atoms with Crippen LogP contribution in [0.3, 0.4) is 0 Å². The summed E-state index contributed by atoms with van der Waals surface area (Å²) in [6.07, 6.45) is 3.77. The fourth-order valence-electron chi connectivity index (χ4n) is 0.884. The molecule has 14 heavy (non-hydrogen) atoms. The van der Waals surface area contributed by atoms with Crippen LogP contribution in [0, 0.1) is 5.92 Å². The summed E-state index contributed by atoms with van der Waals surface area (Å²) in [5.74, 6) is -0.682. The molecule has 0 aliphatic rings. The van der Waals surface area contributed by atoms with Crippen LogP contribution < -0.4 is 5.73 Å². The third-order valence-corrected chi connectivity index (χ3v) is 2.44. The second-order valence-electron chi connectivity index (χ2n) is 3.22. The molecule has 0 fully saturated rings. The monoisotopic (exact) mass is 221 g/mol. The Bertz CT molecular complexity index is 307. The van der Waals surface area contributed by atoms with Crippen molar-refractivity contribution < 1.29 is 17.8 Å². The molecule has 0 saturated heterocycles. The standard InChI is InChI=1S/C8H15NO4S/c1-7(3-2-4-8(9)10)5-6-14(11,12)13/h2,4,7H,3,5-6H2,1H3,(H2,9,10)(H,11,12,13). The highest BCUT2D eigenvalue weighted by Crippen LogP contribution is 2.09. The second-order valence-corrected chi connectivity index (χ2v) is 4.79. The van der Waals surface area contributed by atoms with Crippen LogP contribution >= 0.6 is 0 Å². The molecule has 82 valence electrons. The van der Waals surface area contributed by atoms with Gasteiger partial charge in [-0.3, -0.25) is 9.35 Å². The molecule has 0 heterocycles. The van der Waals surface area contributed by atoms with Crippen LogP contribution in [0.25, 0.3) is 0 Å². The number of rotatable bonds is 6. The van der Waals surface area contributed by atoms with Crippen LogP contribution in [-0.4, -0.2) is 24.6 Å². The van der Waals surface area contributed by atoms with Gasteiger partial charge in [-0.05, 0) is 24.8 Å². The van der Waals surface area contributed by atoms with Gasteiger partial charge in [0.15, 0.2) is 0 Å². The van der Waals surface area contributed by atoms with Crippen molar-refractivity contribution in [3.8, 4) is 0 Å². The average molecular weight is 221 g/mol. The molecule has 0 aromatic carbocycles. The number of primary amides is 1. The van der Waals surface area contributed by atoms with E-state index in [-0.39, 0.29) is 11.7 Å². The molecule has 0 rings (SSSR count). The van der Waals surface area contributed by atoms with Crippen LogP contribution in [0.4, 0.5) is 0 Å². The van der Waals surface area contributed by atoms with Crippen LogP contribution in [0.1, 0.15) is 19.8 Å². The number of carbonyl (C=O) groups is 1. The predicted molar refractivity (Wildman–Crippen MR) is 53.1 cm³/mol. The van der Waals surface area contributed by atoms with Gasteiger partial charge in [-0.15, -0.1) is 0 Å². The van der Waals surface area contributed by atoms with Gasteiger partial charge in [-0.2, -0.15) is 8.42 Å². The van der Waals surface area contributed by atoms with E-state index in [1.807, 2.05) is 6.92 Å². The molecule has 0 radical (unpaired) electrons. The van der Waals surface area contributed by atoms with Gasteiger partial charge in [0.25, 0.3) is 10.1 Å². The maximum Gasteiger partial charge on any atom is 0.264 e. The highest BCUT2D eigenvalue weighted by atomic mass is 32.2. The minimum atomic E-state index is -3.88. The summed E-state index contributed by atoms with van der Waals surface area (Å²) < 4.78 is 29.2. The first-order chi connectivity index (χ1) is 6.31. The van der Waals surface area contributed by atoms with Crippen molar-refractivity contribution in [1.29, 1.82) is 0 Å². The van der Waals surface area contributed by atoms with Crippen molar-refractivity contribution in [2.45, 2.75) is 19.8 Å². The highest BCUT2D eigenvalue weighted by molar-refractivity contribution is 7.85. The van der Waals surface area contributed by atoms with Crippen molar-refractivity contribution >= 4 is 16.0 Å². The maximum absolute atomic E-state index is 10.4. The molecule has 0 aliphatic heterocycles. The maximum atomic E-state index is 10.4. The summed E-state index contributed by atoms with van der Waals surface area (Å²) in [6, 6.07) is 0. The SMILES string of the molecule is CC(CC=CC(N)=O)CCS(=O)(=O)O. The zero-order valence-electron chi connectivity index (χ0n) is 8.01. The lowest BCUT2D eigenvalue weighted by molar-refractivity contribution is -0.113. The molecular formula is C8H15NO4S. The van der Waals surface area contributed by atoms with Crippen molar-refractivity contribution in [2.24, 2.45) is 11.7 Å². The third-order valence-electron chi connectivity index (χ3n) is 1.69. The second kappa shape index (κ2) is 5.77. The van der Waals surface area contributed by atoms with Gasteiger partial charge in [0, 0.05) is 0 Å². The Balaban J connectivity index is 3.77. The molecule has 3 N–H and O–H groups in total. The topological polar surface area (TPSA) is 97.5 Å². The Kier molecular flexibility index (Phi) is 5.40. The van der Waals surface area contributed by atoms with Gasteiger partial charge in [0.05, 0.1) is 5.75 Å². The molecular weight excluding hydrogens is 206 g/mol. The van der Waals surface area contributed by atoms with E-state index in [9.17, 15) is 13.2 Å².